The van der Waals surface area contributed by atoms with Crippen LogP contribution in [0.3, 0.4) is 0 Å². The molecule has 7 nitrogen and oxygen atoms in total. The molecule has 7 heteroatoms. The summed E-state index contributed by atoms with van der Waals surface area (Å²) in [5, 5.41) is 6.31. The minimum Gasteiger partial charge on any atom is -0.342 e. The minimum absolute atomic E-state index is 0.0204. The summed E-state index contributed by atoms with van der Waals surface area (Å²) in [5.41, 5.74) is -0.406. The number of hydrogen-bond acceptors (Lipinski definition) is 4. The smallest absolute Gasteiger partial charge is 0.245 e. The van der Waals surface area contributed by atoms with Crippen molar-refractivity contribution in [2.24, 2.45) is 5.41 Å². The maximum absolute atomic E-state index is 13.1. The first-order valence-corrected chi connectivity index (χ1v) is 8.68. The third-order valence-electron chi connectivity index (χ3n) is 5.23. The van der Waals surface area contributed by atoms with E-state index in [1.807, 2.05) is 25.7 Å². The Morgan fingerprint density at radius 3 is 2.58 bits per heavy atom. The van der Waals surface area contributed by atoms with Crippen molar-refractivity contribution < 1.29 is 14.4 Å². The van der Waals surface area contributed by atoms with Crippen LogP contribution in [0, 0.1) is 5.41 Å². The molecular weight excluding hydrogens is 308 g/mol. The Balaban J connectivity index is 2.12. The van der Waals surface area contributed by atoms with Gasteiger partial charge < -0.3 is 20.4 Å². The third kappa shape index (κ3) is 3.71. The summed E-state index contributed by atoms with van der Waals surface area (Å²) in [6.45, 7) is 9.17. The number of amides is 3. The zero-order valence-electron chi connectivity index (χ0n) is 15.3. The van der Waals surface area contributed by atoms with Gasteiger partial charge in [0.05, 0.1) is 0 Å². The number of hydrogen-bond donors (Lipinski definition) is 2. The average Bonchev–Trinajstić information content (AvgIpc) is 3.11. The molecule has 24 heavy (non-hydrogen) atoms. The normalized spacial score (nSPS) is 25.8. The van der Waals surface area contributed by atoms with Gasteiger partial charge in [-0.3, -0.25) is 14.4 Å². The summed E-state index contributed by atoms with van der Waals surface area (Å²) in [6.07, 6.45) is 2.55. The summed E-state index contributed by atoms with van der Waals surface area (Å²) in [6, 6.07) is -0.605. The molecule has 3 amide bonds. The van der Waals surface area contributed by atoms with Crippen molar-refractivity contribution in [2.45, 2.75) is 64.7 Å². The molecule has 0 aliphatic carbocycles. The van der Waals surface area contributed by atoms with E-state index in [-0.39, 0.29) is 17.9 Å². The van der Waals surface area contributed by atoms with Crippen molar-refractivity contribution >= 4 is 18.2 Å². The molecule has 2 saturated heterocycles. The van der Waals surface area contributed by atoms with Crippen LogP contribution < -0.4 is 10.6 Å². The number of fused-ring (bicyclic) bond motifs is 1. The number of carbonyl (C=O) groups excluding carboxylic acids is 3. The van der Waals surface area contributed by atoms with E-state index >= 15 is 0 Å². The van der Waals surface area contributed by atoms with E-state index < -0.39 is 17.5 Å². The summed E-state index contributed by atoms with van der Waals surface area (Å²) < 4.78 is 0. The predicted molar refractivity (Wildman–Crippen MR) is 91.2 cm³/mol. The van der Waals surface area contributed by atoms with Crippen LogP contribution >= 0.6 is 0 Å². The molecule has 3 unspecified atom stereocenters. The van der Waals surface area contributed by atoms with Crippen molar-refractivity contribution in [3.8, 4) is 0 Å². The fourth-order valence-corrected chi connectivity index (χ4v) is 3.49. The van der Waals surface area contributed by atoms with Gasteiger partial charge in [-0.15, -0.1) is 0 Å². The van der Waals surface area contributed by atoms with Gasteiger partial charge in [0.1, 0.15) is 12.1 Å². The van der Waals surface area contributed by atoms with Crippen LogP contribution in [0.1, 0.15) is 40.5 Å². The lowest BCUT2D eigenvalue weighted by Gasteiger charge is -2.36. The minimum atomic E-state index is -0.611. The van der Waals surface area contributed by atoms with Gasteiger partial charge in [-0.1, -0.05) is 20.8 Å². The molecule has 2 heterocycles. The predicted octanol–water partition coefficient (Wildman–Crippen LogP) is -0.0432. The molecule has 2 fully saturated rings. The summed E-state index contributed by atoms with van der Waals surface area (Å²) in [5.74, 6) is -0.328. The molecule has 2 rings (SSSR count). The molecule has 2 aliphatic heterocycles. The second kappa shape index (κ2) is 7.09. The SMILES string of the molecule is C[C@@H](C(=O)NC(C(=O)N1CCC2NCCC21)C(C)(C)C)N(C)C=O. The first kappa shape index (κ1) is 18.7. The van der Waals surface area contributed by atoms with Crippen LogP contribution in [-0.4, -0.2) is 72.3 Å². The Morgan fingerprint density at radius 2 is 2.00 bits per heavy atom. The van der Waals surface area contributed by atoms with E-state index in [1.165, 1.54) is 4.90 Å². The van der Waals surface area contributed by atoms with Gasteiger partial charge >= 0.3 is 0 Å². The lowest BCUT2D eigenvalue weighted by Crippen LogP contribution is -2.58. The lowest BCUT2D eigenvalue weighted by molar-refractivity contribution is -0.141. The second-order valence-electron chi connectivity index (χ2n) is 7.99. The van der Waals surface area contributed by atoms with Gasteiger partial charge in [0, 0.05) is 25.7 Å². The van der Waals surface area contributed by atoms with Gasteiger partial charge in [-0.25, -0.2) is 0 Å². The van der Waals surface area contributed by atoms with Gasteiger partial charge in [-0.05, 0) is 31.7 Å². The Kier molecular flexibility index (Phi) is 5.52. The first-order chi connectivity index (χ1) is 11.2. The number of likely N-dealkylation sites (N-methyl/N-ethyl adjacent to an activating group) is 1. The molecule has 0 radical (unpaired) electrons. The van der Waals surface area contributed by atoms with Crippen LogP contribution in [-0.2, 0) is 14.4 Å². The number of likely N-dealkylation sites (tertiary alicyclic amines) is 1. The van der Waals surface area contributed by atoms with Crippen molar-refractivity contribution in [3.63, 3.8) is 0 Å². The van der Waals surface area contributed by atoms with Crippen LogP contribution in [0.2, 0.25) is 0 Å². The van der Waals surface area contributed by atoms with Crippen molar-refractivity contribution in [1.29, 1.82) is 0 Å². The van der Waals surface area contributed by atoms with Gasteiger partial charge in [0.2, 0.25) is 18.2 Å². The maximum atomic E-state index is 13.1. The Bertz CT molecular complexity index is 503. The number of nitrogens with zero attached hydrogens (tertiary/aromatic N) is 2. The van der Waals surface area contributed by atoms with E-state index in [0.29, 0.717) is 12.5 Å². The topological polar surface area (TPSA) is 81.8 Å². The van der Waals surface area contributed by atoms with Crippen molar-refractivity contribution in [1.82, 2.24) is 20.4 Å². The van der Waals surface area contributed by atoms with Crippen molar-refractivity contribution in [2.75, 3.05) is 20.1 Å². The van der Waals surface area contributed by atoms with E-state index in [0.717, 1.165) is 25.9 Å². The Labute approximate surface area is 144 Å². The second-order valence-corrected chi connectivity index (χ2v) is 7.99. The molecule has 0 bridgehead atoms. The fraction of sp³-hybridized carbons (Fsp3) is 0.824. The van der Waals surface area contributed by atoms with Crippen LogP contribution in [0.5, 0.6) is 0 Å². The largest absolute Gasteiger partial charge is 0.342 e. The van der Waals surface area contributed by atoms with Crippen LogP contribution in [0.4, 0.5) is 0 Å². The highest BCUT2D eigenvalue weighted by molar-refractivity contribution is 5.91. The summed E-state index contributed by atoms with van der Waals surface area (Å²) >= 11 is 0. The highest BCUT2D eigenvalue weighted by atomic mass is 16.2. The molecule has 0 aromatic rings. The summed E-state index contributed by atoms with van der Waals surface area (Å²) in [7, 11) is 1.56. The molecule has 2 N–H and O–H groups in total. The highest BCUT2D eigenvalue weighted by Gasteiger charge is 2.44. The quantitative estimate of drug-likeness (QED) is 0.689. The Morgan fingerprint density at radius 1 is 1.33 bits per heavy atom. The molecule has 0 saturated carbocycles. The lowest BCUT2D eigenvalue weighted by atomic mass is 9.85. The molecule has 2 aliphatic rings. The molecule has 0 spiro atoms. The van der Waals surface area contributed by atoms with Gasteiger partial charge in [-0.2, -0.15) is 0 Å². The number of carbonyl (C=O) groups is 3. The van der Waals surface area contributed by atoms with Crippen LogP contribution in [0.15, 0.2) is 0 Å². The van der Waals surface area contributed by atoms with E-state index in [4.69, 9.17) is 0 Å². The van der Waals surface area contributed by atoms with E-state index in [9.17, 15) is 14.4 Å². The highest BCUT2D eigenvalue weighted by Crippen LogP contribution is 2.29. The van der Waals surface area contributed by atoms with Gasteiger partial charge in [0.15, 0.2) is 0 Å². The molecule has 136 valence electrons. The monoisotopic (exact) mass is 338 g/mol. The molecule has 4 atom stereocenters. The first-order valence-electron chi connectivity index (χ1n) is 8.68. The third-order valence-corrected chi connectivity index (χ3v) is 5.23. The Hall–Kier alpha value is -1.63. The van der Waals surface area contributed by atoms with Crippen molar-refractivity contribution in [3.05, 3.63) is 0 Å². The maximum Gasteiger partial charge on any atom is 0.245 e. The van der Waals surface area contributed by atoms with E-state index in [1.54, 1.807) is 14.0 Å². The molecule has 0 aromatic carbocycles. The van der Waals surface area contributed by atoms with Gasteiger partial charge in [0.25, 0.3) is 0 Å². The zero-order valence-corrected chi connectivity index (χ0v) is 15.3. The van der Waals surface area contributed by atoms with E-state index in [2.05, 4.69) is 10.6 Å². The molecular formula is C17H30N4O3. The standard InChI is InChI=1S/C17H30N4O3/c1-11(20(5)10-22)15(23)19-14(17(2,3)4)16(24)21-9-7-12-13(21)6-8-18-12/h10-14,18H,6-9H2,1-5H3,(H,19,23)/t11-,12?,13?,14?/m0/s1. The number of rotatable bonds is 5. The zero-order chi connectivity index (χ0) is 18.1. The summed E-state index contributed by atoms with van der Waals surface area (Å²) in [4.78, 5) is 39.7. The number of nitrogens with one attached hydrogen (secondary N) is 2. The average molecular weight is 338 g/mol. The fourth-order valence-electron chi connectivity index (χ4n) is 3.49. The van der Waals surface area contributed by atoms with Crippen LogP contribution in [0.25, 0.3) is 0 Å². The molecule has 0 aromatic heterocycles.